The minimum absolute atomic E-state index is 0.276. The number of amides is 1. The van der Waals surface area contributed by atoms with Crippen molar-refractivity contribution in [2.75, 3.05) is 19.8 Å². The van der Waals surface area contributed by atoms with Gasteiger partial charge in [-0.3, -0.25) is 9.78 Å². The number of ether oxygens (including phenoxy) is 1. The summed E-state index contributed by atoms with van der Waals surface area (Å²) in [5.74, 6) is 0.799. The van der Waals surface area contributed by atoms with Gasteiger partial charge in [-0.25, -0.2) is 0 Å². The molecule has 0 bridgehead atoms. The number of aromatic nitrogens is 1. The predicted molar refractivity (Wildman–Crippen MR) is 89.2 cm³/mol. The number of fused-ring (bicyclic) bond motifs is 1. The van der Waals surface area contributed by atoms with Gasteiger partial charge in [0.05, 0.1) is 5.52 Å². The van der Waals surface area contributed by atoms with Crippen molar-refractivity contribution in [2.24, 2.45) is 0 Å². The molecule has 1 aromatic carbocycles. The van der Waals surface area contributed by atoms with Crippen molar-refractivity contribution in [3.05, 3.63) is 41.6 Å². The van der Waals surface area contributed by atoms with Gasteiger partial charge in [-0.2, -0.15) is 0 Å². The van der Waals surface area contributed by atoms with Crippen LogP contribution in [0.5, 0.6) is 0 Å². The number of nitrogens with zero attached hydrogens (tertiary/aromatic N) is 2. The van der Waals surface area contributed by atoms with Gasteiger partial charge in [-0.1, -0.05) is 12.1 Å². The molecule has 120 valence electrons. The number of carbonyl (C=O) groups is 1. The fraction of sp³-hybridized carbons (Fsp3) is 0.474. The molecule has 0 aliphatic carbocycles. The lowest BCUT2D eigenvalue weighted by Crippen LogP contribution is -2.23. The summed E-state index contributed by atoms with van der Waals surface area (Å²) >= 11 is 0. The summed E-state index contributed by atoms with van der Waals surface area (Å²) < 4.78 is 5.44. The van der Waals surface area contributed by atoms with Gasteiger partial charge in [0.25, 0.3) is 0 Å². The van der Waals surface area contributed by atoms with Gasteiger partial charge in [0.1, 0.15) is 0 Å². The van der Waals surface area contributed by atoms with E-state index in [0.29, 0.717) is 12.3 Å². The Balaban J connectivity index is 1.56. The predicted octanol–water partition coefficient (Wildman–Crippen LogP) is 3.25. The maximum absolute atomic E-state index is 11.8. The minimum atomic E-state index is 0.276. The summed E-state index contributed by atoms with van der Waals surface area (Å²) in [6, 6.07) is 10.7. The molecule has 0 radical (unpaired) electrons. The van der Waals surface area contributed by atoms with E-state index in [-0.39, 0.29) is 5.91 Å². The van der Waals surface area contributed by atoms with Crippen molar-refractivity contribution in [2.45, 2.75) is 38.1 Å². The molecule has 2 saturated heterocycles. The van der Waals surface area contributed by atoms with Crippen molar-refractivity contribution >= 4 is 16.8 Å². The van der Waals surface area contributed by atoms with Crippen LogP contribution in [0.2, 0.25) is 0 Å². The molecular formula is C19H22N2O2. The lowest BCUT2D eigenvalue weighted by molar-refractivity contribution is -0.128. The van der Waals surface area contributed by atoms with E-state index < -0.39 is 0 Å². The molecule has 0 N–H and O–H groups in total. The highest BCUT2D eigenvalue weighted by Gasteiger charge is 2.20. The molecule has 2 aliphatic heterocycles. The number of hydrogen-bond acceptors (Lipinski definition) is 3. The van der Waals surface area contributed by atoms with E-state index in [9.17, 15) is 4.79 Å². The summed E-state index contributed by atoms with van der Waals surface area (Å²) in [5, 5.41) is 1.16. The lowest BCUT2D eigenvalue weighted by Gasteiger charge is -2.21. The van der Waals surface area contributed by atoms with Crippen molar-refractivity contribution in [1.82, 2.24) is 9.88 Å². The molecule has 1 aromatic heterocycles. The minimum Gasteiger partial charge on any atom is -0.381 e. The summed E-state index contributed by atoms with van der Waals surface area (Å²) in [7, 11) is 0. The van der Waals surface area contributed by atoms with Crippen molar-refractivity contribution in [3.63, 3.8) is 0 Å². The third-order valence-corrected chi connectivity index (χ3v) is 4.96. The topological polar surface area (TPSA) is 42.4 Å². The highest BCUT2D eigenvalue weighted by atomic mass is 16.5. The largest absolute Gasteiger partial charge is 0.381 e. The van der Waals surface area contributed by atoms with E-state index >= 15 is 0 Å². The van der Waals surface area contributed by atoms with E-state index in [4.69, 9.17) is 9.72 Å². The van der Waals surface area contributed by atoms with Crippen LogP contribution in [0.25, 0.3) is 10.9 Å². The smallest absolute Gasteiger partial charge is 0.222 e. The molecule has 4 nitrogen and oxygen atoms in total. The monoisotopic (exact) mass is 310 g/mol. The number of rotatable bonds is 3. The molecule has 3 heterocycles. The van der Waals surface area contributed by atoms with Gasteiger partial charge >= 0.3 is 0 Å². The number of likely N-dealkylation sites (tertiary alicyclic amines) is 1. The molecule has 23 heavy (non-hydrogen) atoms. The molecular weight excluding hydrogens is 288 g/mol. The quantitative estimate of drug-likeness (QED) is 0.874. The Labute approximate surface area is 136 Å². The molecule has 0 spiro atoms. The van der Waals surface area contributed by atoms with Gasteiger partial charge < -0.3 is 9.64 Å². The normalized spacial score (nSPS) is 19.7. The fourth-order valence-electron chi connectivity index (χ4n) is 3.60. The molecule has 4 rings (SSSR count). The third-order valence-electron chi connectivity index (χ3n) is 4.96. The van der Waals surface area contributed by atoms with Crippen LogP contribution in [0, 0.1) is 0 Å². The molecule has 2 aliphatic rings. The zero-order chi connectivity index (χ0) is 15.6. The highest BCUT2D eigenvalue weighted by Crippen LogP contribution is 2.27. The number of pyridine rings is 1. The zero-order valence-electron chi connectivity index (χ0n) is 13.3. The molecule has 2 fully saturated rings. The van der Waals surface area contributed by atoms with E-state index in [2.05, 4.69) is 30.3 Å². The average Bonchev–Trinajstić information content (AvgIpc) is 3.00. The van der Waals surface area contributed by atoms with E-state index in [1.54, 1.807) is 0 Å². The first-order chi connectivity index (χ1) is 11.3. The Bertz CT molecular complexity index is 722. The van der Waals surface area contributed by atoms with Crippen LogP contribution in [-0.4, -0.2) is 35.5 Å². The van der Waals surface area contributed by atoms with Crippen molar-refractivity contribution < 1.29 is 9.53 Å². The Morgan fingerprint density at radius 1 is 1.17 bits per heavy atom. The molecule has 0 unspecified atom stereocenters. The van der Waals surface area contributed by atoms with E-state index in [1.807, 2.05) is 4.90 Å². The molecule has 4 heteroatoms. The van der Waals surface area contributed by atoms with Crippen LogP contribution in [-0.2, 0) is 16.1 Å². The zero-order valence-corrected chi connectivity index (χ0v) is 13.3. The summed E-state index contributed by atoms with van der Waals surface area (Å²) in [5.41, 5.74) is 3.42. The maximum atomic E-state index is 11.8. The lowest BCUT2D eigenvalue weighted by atomic mass is 9.95. The molecule has 1 amide bonds. The molecule has 0 atom stereocenters. The van der Waals surface area contributed by atoms with Gasteiger partial charge in [0.15, 0.2) is 0 Å². The van der Waals surface area contributed by atoms with Crippen LogP contribution >= 0.6 is 0 Å². The molecule has 2 aromatic rings. The second kappa shape index (κ2) is 6.28. The first-order valence-electron chi connectivity index (χ1n) is 8.55. The van der Waals surface area contributed by atoms with Crippen LogP contribution in [0.3, 0.4) is 0 Å². The van der Waals surface area contributed by atoms with Crippen LogP contribution in [0.4, 0.5) is 0 Å². The average molecular weight is 310 g/mol. The maximum Gasteiger partial charge on any atom is 0.222 e. The van der Waals surface area contributed by atoms with Crippen molar-refractivity contribution in [1.29, 1.82) is 0 Å². The van der Waals surface area contributed by atoms with Gasteiger partial charge in [-0.05, 0) is 43.0 Å². The highest BCUT2D eigenvalue weighted by molar-refractivity contribution is 5.80. The molecule has 0 saturated carbocycles. The number of benzene rings is 1. The number of carbonyl (C=O) groups excluding carboxylic acids is 1. The summed E-state index contributed by atoms with van der Waals surface area (Å²) in [6.45, 7) is 3.29. The Kier molecular flexibility index (Phi) is 4.00. The van der Waals surface area contributed by atoms with Crippen LogP contribution in [0.15, 0.2) is 30.3 Å². The summed E-state index contributed by atoms with van der Waals surface area (Å²) in [4.78, 5) is 18.6. The second-order valence-electron chi connectivity index (χ2n) is 6.57. The summed E-state index contributed by atoms with van der Waals surface area (Å²) in [6.07, 6.45) is 3.81. The van der Waals surface area contributed by atoms with E-state index in [1.165, 1.54) is 11.3 Å². The van der Waals surface area contributed by atoms with Crippen LogP contribution in [0.1, 0.15) is 42.9 Å². The Morgan fingerprint density at radius 3 is 2.83 bits per heavy atom. The second-order valence-corrected chi connectivity index (χ2v) is 6.57. The van der Waals surface area contributed by atoms with Gasteiger partial charge in [0, 0.05) is 49.7 Å². The van der Waals surface area contributed by atoms with Crippen LogP contribution < -0.4 is 0 Å². The SMILES string of the molecule is O=C1CCCN1Cc1ccc2nc(C3CCOCC3)ccc2c1. The third kappa shape index (κ3) is 3.08. The number of hydrogen-bond donors (Lipinski definition) is 0. The first kappa shape index (κ1) is 14.6. The van der Waals surface area contributed by atoms with E-state index in [0.717, 1.165) is 56.5 Å². The standard InChI is InChI=1S/C19H22N2O2/c22-19-2-1-9-21(19)13-14-3-5-18-16(12-14)4-6-17(20-18)15-7-10-23-11-8-15/h3-6,12,15H,1-2,7-11,13H2. The van der Waals surface area contributed by atoms with Crippen molar-refractivity contribution in [3.8, 4) is 0 Å². The Morgan fingerprint density at radius 2 is 2.04 bits per heavy atom. The fourth-order valence-corrected chi connectivity index (χ4v) is 3.60. The Hall–Kier alpha value is -1.94. The first-order valence-corrected chi connectivity index (χ1v) is 8.55. The van der Waals surface area contributed by atoms with Gasteiger partial charge in [-0.15, -0.1) is 0 Å². The van der Waals surface area contributed by atoms with Gasteiger partial charge in [0.2, 0.25) is 5.91 Å².